The lowest BCUT2D eigenvalue weighted by atomic mass is 9.33. The molecule has 4 heterocycles. The standard InChI is InChI=1S/C33H29BN2/c1-20-18-27-29-28(19-20)36-31-23(32(2)16-6-7-17-33(32,36)3)12-9-14-25(31)34(29)24-13-8-11-22-21-10-4-5-15-26(21)35(27)30(22)24/h4-5,8-15,18-19H,6-7,16-17H2,1-3H3/i18D,19D. The van der Waals surface area contributed by atoms with E-state index in [9.17, 15) is 2.74 Å². The minimum atomic E-state index is -0.0980. The minimum absolute atomic E-state index is 0.0212. The van der Waals surface area contributed by atoms with Crippen LogP contribution in [0.15, 0.2) is 72.7 Å². The van der Waals surface area contributed by atoms with E-state index in [0.29, 0.717) is 12.1 Å². The summed E-state index contributed by atoms with van der Waals surface area (Å²) in [6.45, 7) is 6.93. The zero-order valence-electron chi connectivity index (χ0n) is 23.1. The van der Waals surface area contributed by atoms with Crippen LogP contribution in [-0.4, -0.2) is 16.8 Å². The highest BCUT2D eigenvalue weighted by Gasteiger charge is 2.60. The van der Waals surface area contributed by atoms with Gasteiger partial charge >= 0.3 is 0 Å². The molecule has 2 atom stereocenters. The molecule has 36 heavy (non-hydrogen) atoms. The molecule has 1 aliphatic carbocycles. The van der Waals surface area contributed by atoms with Crippen LogP contribution in [0.3, 0.4) is 0 Å². The Labute approximate surface area is 215 Å². The van der Waals surface area contributed by atoms with Crippen molar-refractivity contribution in [2.45, 2.75) is 57.4 Å². The number of nitrogens with zero attached hydrogens (tertiary/aromatic N) is 2. The molecule has 4 aliphatic rings. The van der Waals surface area contributed by atoms with E-state index in [1.54, 1.807) is 0 Å². The first-order valence-electron chi connectivity index (χ1n) is 14.5. The maximum absolute atomic E-state index is 9.54. The number of hydrogen-bond acceptors (Lipinski definition) is 1. The third kappa shape index (κ3) is 1.93. The molecule has 2 unspecified atom stereocenters. The van der Waals surface area contributed by atoms with E-state index in [4.69, 9.17) is 0 Å². The lowest BCUT2D eigenvalue weighted by Gasteiger charge is -2.52. The maximum Gasteiger partial charge on any atom is 0.252 e. The molecule has 5 aromatic rings. The Hall–Kier alpha value is -3.46. The summed E-state index contributed by atoms with van der Waals surface area (Å²) in [4.78, 5) is 2.59. The van der Waals surface area contributed by atoms with Crippen LogP contribution in [0.1, 0.15) is 53.4 Å². The van der Waals surface area contributed by atoms with E-state index >= 15 is 0 Å². The maximum atomic E-state index is 9.54. The van der Waals surface area contributed by atoms with Crippen LogP contribution in [0.5, 0.6) is 0 Å². The molecule has 9 rings (SSSR count). The number of anilines is 2. The second-order valence-corrected chi connectivity index (χ2v) is 11.9. The molecule has 0 bridgehead atoms. The van der Waals surface area contributed by atoms with Crippen molar-refractivity contribution in [3.8, 4) is 5.69 Å². The fourth-order valence-electron chi connectivity index (χ4n) is 8.62. The van der Waals surface area contributed by atoms with E-state index in [-0.39, 0.29) is 17.7 Å². The molecule has 0 spiro atoms. The van der Waals surface area contributed by atoms with E-state index in [1.807, 2.05) is 6.92 Å². The number of fused-ring (bicyclic) bond motifs is 10. The number of rotatable bonds is 0. The number of benzene rings is 4. The van der Waals surface area contributed by atoms with Crippen molar-refractivity contribution in [1.82, 2.24) is 4.57 Å². The molecule has 3 aliphatic heterocycles. The van der Waals surface area contributed by atoms with Gasteiger partial charge in [0.25, 0.3) is 6.71 Å². The summed E-state index contributed by atoms with van der Waals surface area (Å²) in [5, 5.41) is 2.48. The van der Waals surface area contributed by atoms with Gasteiger partial charge in [0.2, 0.25) is 0 Å². The Morgan fingerprint density at radius 3 is 2.50 bits per heavy atom. The molecule has 0 amide bonds. The van der Waals surface area contributed by atoms with E-state index in [0.717, 1.165) is 34.3 Å². The van der Waals surface area contributed by atoms with Crippen LogP contribution < -0.4 is 21.3 Å². The summed E-state index contributed by atoms with van der Waals surface area (Å²) in [6, 6.07) is 23.3. The van der Waals surface area contributed by atoms with Crippen molar-refractivity contribution in [2.75, 3.05) is 4.90 Å². The summed E-state index contributed by atoms with van der Waals surface area (Å²) in [7, 11) is 0. The van der Waals surface area contributed by atoms with Gasteiger partial charge in [-0.1, -0.05) is 74.4 Å². The molecular weight excluding hydrogens is 435 g/mol. The Morgan fingerprint density at radius 2 is 1.58 bits per heavy atom. The second kappa shape index (κ2) is 6.09. The van der Waals surface area contributed by atoms with Gasteiger partial charge < -0.3 is 9.47 Å². The summed E-state index contributed by atoms with van der Waals surface area (Å²) in [5.74, 6) is 0. The number of hydrogen-bond donors (Lipinski definition) is 0. The van der Waals surface area contributed by atoms with Crippen LogP contribution in [0.25, 0.3) is 27.5 Å². The SMILES string of the molecule is [2H]c1c(C)c([2H])c2c3c1N1c4c(cccc4C4(C)CCCCC14C)B3c1cccc3c4ccccc4n-2c13. The zero-order valence-corrected chi connectivity index (χ0v) is 21.1. The zero-order chi connectivity index (χ0) is 25.7. The molecule has 0 N–H and O–H groups in total. The Morgan fingerprint density at radius 1 is 0.833 bits per heavy atom. The van der Waals surface area contributed by atoms with Gasteiger partial charge in [-0.25, -0.2) is 0 Å². The Bertz CT molecular complexity index is 1920. The van der Waals surface area contributed by atoms with Gasteiger partial charge in [-0.3, -0.25) is 0 Å². The predicted molar refractivity (Wildman–Crippen MR) is 153 cm³/mol. The van der Waals surface area contributed by atoms with Crippen molar-refractivity contribution < 1.29 is 2.74 Å². The monoisotopic (exact) mass is 466 g/mol. The van der Waals surface area contributed by atoms with Gasteiger partial charge in [-0.15, -0.1) is 0 Å². The number of aromatic nitrogens is 1. The summed E-state index contributed by atoms with van der Waals surface area (Å²) in [5.41, 5.74) is 11.7. The van der Waals surface area contributed by atoms with Crippen molar-refractivity contribution in [1.29, 1.82) is 0 Å². The molecule has 1 aromatic heterocycles. The van der Waals surface area contributed by atoms with Gasteiger partial charge in [-0.05, 0) is 72.4 Å². The third-order valence-corrected chi connectivity index (χ3v) is 10.4. The summed E-state index contributed by atoms with van der Waals surface area (Å²) >= 11 is 0. The average molecular weight is 466 g/mol. The van der Waals surface area contributed by atoms with Gasteiger partial charge in [0, 0.05) is 38.8 Å². The lowest BCUT2D eigenvalue weighted by molar-refractivity contribution is 0.195. The minimum Gasteiger partial charge on any atom is -0.335 e. The van der Waals surface area contributed by atoms with Crippen molar-refractivity contribution in [3.05, 3.63) is 83.9 Å². The van der Waals surface area contributed by atoms with Gasteiger partial charge in [0.15, 0.2) is 0 Å². The van der Waals surface area contributed by atoms with Gasteiger partial charge in [0.05, 0.1) is 13.8 Å². The van der Waals surface area contributed by atoms with Crippen LogP contribution >= 0.6 is 0 Å². The van der Waals surface area contributed by atoms with Gasteiger partial charge in [-0.2, -0.15) is 0 Å². The molecular formula is C33H29BN2. The molecule has 0 saturated heterocycles. The number of para-hydroxylation sites is 3. The predicted octanol–water partition coefficient (Wildman–Crippen LogP) is 5.98. The molecule has 174 valence electrons. The topological polar surface area (TPSA) is 8.17 Å². The molecule has 1 fully saturated rings. The highest BCUT2D eigenvalue weighted by molar-refractivity contribution is 7.00. The highest BCUT2D eigenvalue weighted by Crippen LogP contribution is 2.61. The molecule has 4 aromatic carbocycles. The largest absolute Gasteiger partial charge is 0.335 e. The first-order chi connectivity index (χ1) is 18.4. The highest BCUT2D eigenvalue weighted by atomic mass is 15.3. The van der Waals surface area contributed by atoms with Crippen LogP contribution in [0.4, 0.5) is 11.4 Å². The lowest BCUT2D eigenvalue weighted by Crippen LogP contribution is -2.64. The normalized spacial score (nSPS) is 25.5. The fourth-order valence-corrected chi connectivity index (χ4v) is 8.62. The molecule has 0 radical (unpaired) electrons. The Kier molecular flexibility index (Phi) is 3.02. The molecule has 2 nitrogen and oxygen atoms in total. The third-order valence-electron chi connectivity index (χ3n) is 10.4. The average Bonchev–Trinajstić information content (AvgIpc) is 3.37. The molecule has 3 heteroatoms. The Balaban J connectivity index is 1.54. The van der Waals surface area contributed by atoms with Crippen LogP contribution in [-0.2, 0) is 5.41 Å². The van der Waals surface area contributed by atoms with Crippen LogP contribution in [0.2, 0.25) is 0 Å². The second-order valence-electron chi connectivity index (χ2n) is 11.9. The van der Waals surface area contributed by atoms with Crippen molar-refractivity contribution in [3.63, 3.8) is 0 Å². The van der Waals surface area contributed by atoms with E-state index in [1.165, 1.54) is 57.7 Å². The molecule has 1 saturated carbocycles. The van der Waals surface area contributed by atoms with Crippen molar-refractivity contribution in [2.24, 2.45) is 0 Å². The first-order valence-corrected chi connectivity index (χ1v) is 13.5. The van der Waals surface area contributed by atoms with E-state index in [2.05, 4.69) is 84.0 Å². The van der Waals surface area contributed by atoms with Gasteiger partial charge in [0.1, 0.15) is 0 Å². The van der Waals surface area contributed by atoms with Crippen molar-refractivity contribution >= 4 is 56.3 Å². The first kappa shape index (κ1) is 17.9. The summed E-state index contributed by atoms with van der Waals surface area (Å²) in [6.07, 6.45) is 4.75. The quantitative estimate of drug-likeness (QED) is 0.250. The summed E-state index contributed by atoms with van der Waals surface area (Å²) < 4.78 is 21.3. The smallest absolute Gasteiger partial charge is 0.252 e. The van der Waals surface area contributed by atoms with Crippen LogP contribution in [0, 0.1) is 6.92 Å². The van der Waals surface area contributed by atoms with E-state index < -0.39 is 0 Å². The fraction of sp³-hybridized carbons (Fsp3) is 0.273.